The number of nitrogens with zero attached hydrogens (tertiary/aromatic N) is 1. The van der Waals surface area contributed by atoms with E-state index in [2.05, 4.69) is 174 Å². The van der Waals surface area contributed by atoms with E-state index in [4.69, 9.17) is 0 Å². The topological polar surface area (TPSA) is 15.3 Å². The zero-order chi connectivity index (χ0) is 32.3. The molecule has 1 N–H and O–H groups in total. The first kappa shape index (κ1) is 28.3. The van der Waals surface area contributed by atoms with Gasteiger partial charge in [0.2, 0.25) is 0 Å². The molecular formula is C45H30N2S2. The van der Waals surface area contributed by atoms with Gasteiger partial charge in [-0.25, -0.2) is 0 Å². The predicted molar refractivity (Wildman–Crippen MR) is 215 cm³/mol. The second-order valence-electron chi connectivity index (χ2n) is 12.6. The van der Waals surface area contributed by atoms with Gasteiger partial charge in [0.05, 0.1) is 10.7 Å². The molecule has 0 atom stereocenters. The van der Waals surface area contributed by atoms with E-state index in [1.54, 1.807) is 0 Å². The SMILES string of the molecule is C1=C(c2ccc(N(c3ccc(-c4cccc5ccccc45)cc3)c3cccc4sc5ccccc5c34)cc2)CNc2sc3ccccc3c21. The maximum atomic E-state index is 3.69. The molecule has 2 aromatic heterocycles. The summed E-state index contributed by atoms with van der Waals surface area (Å²) in [6.45, 7) is 0.818. The van der Waals surface area contributed by atoms with Gasteiger partial charge in [-0.05, 0) is 87.6 Å². The fraction of sp³-hybridized carbons (Fsp3) is 0.0222. The highest BCUT2D eigenvalue weighted by atomic mass is 32.1. The number of fused-ring (bicyclic) bond motifs is 7. The maximum Gasteiger partial charge on any atom is 0.0971 e. The Hall–Kier alpha value is -5.68. The molecule has 1 aliphatic rings. The first-order valence-electron chi connectivity index (χ1n) is 16.6. The average Bonchev–Trinajstić information content (AvgIpc) is 3.74. The Morgan fingerprint density at radius 2 is 1.10 bits per heavy atom. The van der Waals surface area contributed by atoms with E-state index in [1.165, 1.54) is 79.5 Å². The Morgan fingerprint density at radius 1 is 0.490 bits per heavy atom. The molecule has 49 heavy (non-hydrogen) atoms. The van der Waals surface area contributed by atoms with Crippen LogP contribution in [0, 0.1) is 0 Å². The number of anilines is 4. The number of hydrogen-bond acceptors (Lipinski definition) is 4. The molecule has 0 spiro atoms. The summed E-state index contributed by atoms with van der Waals surface area (Å²) in [5, 5.41) is 11.4. The van der Waals surface area contributed by atoms with Crippen molar-refractivity contribution in [3.05, 3.63) is 169 Å². The van der Waals surface area contributed by atoms with Crippen LogP contribution in [0.3, 0.4) is 0 Å². The average molecular weight is 663 g/mol. The van der Waals surface area contributed by atoms with Crippen molar-refractivity contribution in [2.75, 3.05) is 16.8 Å². The van der Waals surface area contributed by atoms with E-state index in [1.807, 2.05) is 22.7 Å². The Bertz CT molecular complexity index is 2710. The number of nitrogens with one attached hydrogen (secondary N) is 1. The van der Waals surface area contributed by atoms with Gasteiger partial charge < -0.3 is 10.2 Å². The summed E-state index contributed by atoms with van der Waals surface area (Å²) in [5.74, 6) is 0. The Labute approximate surface area is 292 Å². The molecule has 3 heterocycles. The van der Waals surface area contributed by atoms with Crippen LogP contribution >= 0.6 is 22.7 Å². The molecule has 0 aliphatic carbocycles. The third-order valence-corrected chi connectivity index (χ3v) is 12.0. The second-order valence-corrected chi connectivity index (χ2v) is 14.7. The van der Waals surface area contributed by atoms with Gasteiger partial charge in [0.15, 0.2) is 0 Å². The van der Waals surface area contributed by atoms with Crippen molar-refractivity contribution < 1.29 is 0 Å². The molecule has 0 unspecified atom stereocenters. The highest BCUT2D eigenvalue weighted by Crippen LogP contribution is 2.46. The molecule has 0 bridgehead atoms. The van der Waals surface area contributed by atoms with E-state index >= 15 is 0 Å². The molecule has 9 aromatic rings. The maximum absolute atomic E-state index is 3.69. The van der Waals surface area contributed by atoms with Crippen molar-refractivity contribution in [1.29, 1.82) is 0 Å². The van der Waals surface area contributed by atoms with Crippen LogP contribution in [-0.2, 0) is 0 Å². The van der Waals surface area contributed by atoms with Gasteiger partial charge >= 0.3 is 0 Å². The molecule has 1 aliphatic heterocycles. The zero-order valence-electron chi connectivity index (χ0n) is 26.6. The molecule has 2 nitrogen and oxygen atoms in total. The van der Waals surface area contributed by atoms with Crippen LogP contribution in [0.15, 0.2) is 158 Å². The summed E-state index contributed by atoms with van der Waals surface area (Å²) in [6, 6.07) is 57.6. The van der Waals surface area contributed by atoms with E-state index in [9.17, 15) is 0 Å². The highest BCUT2D eigenvalue weighted by molar-refractivity contribution is 7.26. The summed E-state index contributed by atoms with van der Waals surface area (Å²) >= 11 is 3.70. The van der Waals surface area contributed by atoms with Gasteiger partial charge in [-0.15, -0.1) is 22.7 Å². The molecule has 4 heteroatoms. The number of rotatable bonds is 5. The quantitative estimate of drug-likeness (QED) is 0.197. The summed E-state index contributed by atoms with van der Waals surface area (Å²) in [7, 11) is 0. The van der Waals surface area contributed by atoms with Gasteiger partial charge in [-0.3, -0.25) is 0 Å². The van der Waals surface area contributed by atoms with Crippen LogP contribution in [0.25, 0.3) is 63.8 Å². The molecule has 0 fully saturated rings. The molecule has 10 rings (SSSR count). The minimum absolute atomic E-state index is 0.818. The van der Waals surface area contributed by atoms with Crippen molar-refractivity contribution in [3.8, 4) is 11.1 Å². The molecule has 0 radical (unpaired) electrons. The lowest BCUT2D eigenvalue weighted by Gasteiger charge is -2.27. The summed E-state index contributed by atoms with van der Waals surface area (Å²) < 4.78 is 3.93. The molecule has 7 aromatic carbocycles. The first-order valence-corrected chi connectivity index (χ1v) is 18.3. The normalized spacial score (nSPS) is 12.7. The standard InChI is InChI=1S/C45H30N2S2/c1-2-11-35-30(9-1)10-7-14-36(35)31-21-25-34(26-22-31)47(40-15-8-18-43-44(40)38-13-4-6-17-42(38)48-43)33-23-19-29(20-24-33)32-27-39-37-12-3-5-16-41(37)49-45(39)46-28-32/h1-27,46H,28H2. The van der Waals surface area contributed by atoms with E-state index in [0.717, 1.165) is 17.9 Å². The second kappa shape index (κ2) is 11.5. The van der Waals surface area contributed by atoms with E-state index < -0.39 is 0 Å². The molecule has 232 valence electrons. The highest BCUT2D eigenvalue weighted by Gasteiger charge is 2.20. The van der Waals surface area contributed by atoms with Crippen molar-refractivity contribution in [1.82, 2.24) is 0 Å². The minimum atomic E-state index is 0.818. The largest absolute Gasteiger partial charge is 0.372 e. The van der Waals surface area contributed by atoms with Gasteiger partial charge in [0, 0.05) is 53.7 Å². The lowest BCUT2D eigenvalue weighted by molar-refractivity contribution is 1.29. The summed E-state index contributed by atoms with van der Waals surface area (Å²) in [4.78, 5) is 2.43. The van der Waals surface area contributed by atoms with Gasteiger partial charge in [-0.1, -0.05) is 109 Å². The third kappa shape index (κ3) is 4.75. The van der Waals surface area contributed by atoms with Crippen molar-refractivity contribution in [2.45, 2.75) is 0 Å². The van der Waals surface area contributed by atoms with Gasteiger partial charge in [0.1, 0.15) is 0 Å². The number of hydrogen-bond donors (Lipinski definition) is 1. The fourth-order valence-electron chi connectivity index (χ4n) is 7.39. The van der Waals surface area contributed by atoms with E-state index in [0.29, 0.717) is 0 Å². The molecule has 0 saturated heterocycles. The summed E-state index contributed by atoms with van der Waals surface area (Å²) in [5.41, 5.74) is 9.77. The Morgan fingerprint density at radius 3 is 1.90 bits per heavy atom. The fourth-order valence-corrected chi connectivity index (χ4v) is 9.59. The number of thiophene rings is 2. The Balaban J connectivity index is 1.10. The van der Waals surface area contributed by atoms with Crippen LogP contribution in [0.5, 0.6) is 0 Å². The summed E-state index contributed by atoms with van der Waals surface area (Å²) in [6.07, 6.45) is 2.38. The third-order valence-electron chi connectivity index (χ3n) is 9.74. The van der Waals surface area contributed by atoms with Crippen LogP contribution in [0.4, 0.5) is 22.1 Å². The van der Waals surface area contributed by atoms with Crippen molar-refractivity contribution in [2.24, 2.45) is 0 Å². The molecule has 0 amide bonds. The Kier molecular flexibility index (Phi) is 6.64. The van der Waals surface area contributed by atoms with Crippen molar-refractivity contribution >= 4 is 97.4 Å². The number of benzene rings is 7. The predicted octanol–water partition coefficient (Wildman–Crippen LogP) is 13.5. The minimum Gasteiger partial charge on any atom is -0.372 e. The van der Waals surface area contributed by atoms with Crippen LogP contribution in [0.1, 0.15) is 11.1 Å². The lowest BCUT2D eigenvalue weighted by Crippen LogP contribution is -2.11. The molecule has 0 saturated carbocycles. The van der Waals surface area contributed by atoms with Crippen LogP contribution < -0.4 is 10.2 Å². The first-order chi connectivity index (χ1) is 24.3. The van der Waals surface area contributed by atoms with Crippen LogP contribution in [0.2, 0.25) is 0 Å². The lowest BCUT2D eigenvalue weighted by atomic mass is 9.97. The zero-order valence-corrected chi connectivity index (χ0v) is 28.2. The van der Waals surface area contributed by atoms with E-state index in [-0.39, 0.29) is 0 Å². The monoisotopic (exact) mass is 662 g/mol. The molecular weight excluding hydrogens is 633 g/mol. The van der Waals surface area contributed by atoms with Gasteiger partial charge in [-0.2, -0.15) is 0 Å². The van der Waals surface area contributed by atoms with Crippen LogP contribution in [-0.4, -0.2) is 6.54 Å². The van der Waals surface area contributed by atoms with Crippen molar-refractivity contribution in [3.63, 3.8) is 0 Å². The smallest absolute Gasteiger partial charge is 0.0971 e. The van der Waals surface area contributed by atoms with Gasteiger partial charge in [0.25, 0.3) is 0 Å².